The zero-order valence-corrected chi connectivity index (χ0v) is 14.9. The molecule has 1 saturated heterocycles. The first-order valence-corrected chi connectivity index (χ1v) is 9.29. The summed E-state index contributed by atoms with van der Waals surface area (Å²) >= 11 is 6.17. The van der Waals surface area contributed by atoms with Gasteiger partial charge in [0, 0.05) is 17.6 Å². The Bertz CT molecular complexity index is 776. The monoisotopic (exact) mass is 347 g/mol. The molecule has 3 aromatic rings. The van der Waals surface area contributed by atoms with Crippen molar-refractivity contribution in [1.29, 1.82) is 0 Å². The van der Waals surface area contributed by atoms with Gasteiger partial charge in [-0.3, -0.25) is 4.90 Å². The zero-order chi connectivity index (χ0) is 17.1. The number of likely N-dealkylation sites (tertiary alicyclic amines) is 1. The Hall–Kier alpha value is -2.09. The van der Waals surface area contributed by atoms with Gasteiger partial charge in [-0.25, -0.2) is 0 Å². The maximum Gasteiger partial charge on any atom is 0.0604 e. The van der Waals surface area contributed by atoms with Gasteiger partial charge in [-0.15, -0.1) is 0 Å². The molecule has 0 bridgehead atoms. The predicted molar refractivity (Wildman–Crippen MR) is 105 cm³/mol. The predicted octanol–water partition coefficient (Wildman–Crippen LogP) is 5.75. The second kappa shape index (κ2) is 7.43. The minimum Gasteiger partial charge on any atom is -0.289 e. The fourth-order valence-corrected chi connectivity index (χ4v) is 4.01. The number of benzene rings is 3. The van der Waals surface area contributed by atoms with Gasteiger partial charge < -0.3 is 0 Å². The summed E-state index contributed by atoms with van der Waals surface area (Å²) in [5.74, 6) is 0. The van der Waals surface area contributed by atoms with E-state index in [1.54, 1.807) is 0 Å². The Labute approximate surface area is 154 Å². The van der Waals surface area contributed by atoms with Crippen molar-refractivity contribution in [2.75, 3.05) is 6.54 Å². The Morgan fingerprint density at radius 2 is 1.48 bits per heavy atom. The van der Waals surface area contributed by atoms with Crippen LogP contribution in [-0.2, 0) is 6.42 Å². The molecule has 4 rings (SSSR count). The molecule has 2 heteroatoms. The zero-order valence-electron chi connectivity index (χ0n) is 14.2. The number of halogens is 1. The van der Waals surface area contributed by atoms with Crippen molar-refractivity contribution < 1.29 is 0 Å². The van der Waals surface area contributed by atoms with Gasteiger partial charge in [0.05, 0.1) is 6.04 Å². The molecule has 1 fully saturated rings. The number of hydrogen-bond acceptors (Lipinski definition) is 1. The van der Waals surface area contributed by atoms with E-state index < -0.39 is 0 Å². The minimum absolute atomic E-state index is 0.320. The molecule has 0 N–H and O–H groups in total. The molecule has 1 nitrogen and oxygen atoms in total. The largest absolute Gasteiger partial charge is 0.289 e. The molecular weight excluding hydrogens is 326 g/mol. The molecule has 1 aliphatic heterocycles. The molecule has 0 radical (unpaired) electrons. The van der Waals surface area contributed by atoms with Crippen LogP contribution in [0, 0.1) is 0 Å². The van der Waals surface area contributed by atoms with Crippen LogP contribution < -0.4 is 0 Å². The third kappa shape index (κ3) is 3.63. The van der Waals surface area contributed by atoms with Gasteiger partial charge >= 0.3 is 0 Å². The van der Waals surface area contributed by atoms with Crippen LogP contribution in [0.4, 0.5) is 0 Å². The van der Waals surface area contributed by atoms with Crippen LogP contribution in [0.1, 0.15) is 29.2 Å². The highest BCUT2D eigenvalue weighted by molar-refractivity contribution is 6.30. The highest BCUT2D eigenvalue weighted by Gasteiger charge is 2.35. The van der Waals surface area contributed by atoms with Crippen molar-refractivity contribution in [2.24, 2.45) is 0 Å². The van der Waals surface area contributed by atoms with E-state index in [2.05, 4.69) is 77.7 Å². The van der Waals surface area contributed by atoms with E-state index in [9.17, 15) is 0 Å². The quantitative estimate of drug-likeness (QED) is 0.568. The van der Waals surface area contributed by atoms with Gasteiger partial charge in [-0.05, 0) is 41.7 Å². The highest BCUT2D eigenvalue weighted by Crippen LogP contribution is 2.37. The fourth-order valence-electron chi connectivity index (χ4n) is 3.80. The van der Waals surface area contributed by atoms with E-state index in [-0.39, 0.29) is 0 Å². The summed E-state index contributed by atoms with van der Waals surface area (Å²) in [5, 5.41) is 0.825. The highest BCUT2D eigenvalue weighted by atomic mass is 35.5. The molecule has 1 aliphatic rings. The molecule has 25 heavy (non-hydrogen) atoms. The molecule has 126 valence electrons. The van der Waals surface area contributed by atoms with Crippen molar-refractivity contribution in [3.8, 4) is 0 Å². The van der Waals surface area contributed by atoms with E-state index in [1.165, 1.54) is 23.1 Å². The van der Waals surface area contributed by atoms with Crippen molar-refractivity contribution in [3.05, 3.63) is 107 Å². The van der Waals surface area contributed by atoms with Crippen LogP contribution in [0.3, 0.4) is 0 Å². The van der Waals surface area contributed by atoms with Crippen LogP contribution in [-0.4, -0.2) is 17.5 Å². The van der Waals surface area contributed by atoms with Crippen LogP contribution in [0.15, 0.2) is 84.9 Å². The number of rotatable bonds is 5. The van der Waals surface area contributed by atoms with Gasteiger partial charge in [0.1, 0.15) is 0 Å². The first-order chi connectivity index (χ1) is 12.3. The Kier molecular flexibility index (Phi) is 4.87. The van der Waals surface area contributed by atoms with Crippen LogP contribution in [0.2, 0.25) is 5.02 Å². The standard InChI is InChI=1S/C23H22ClN/c24-21-13-7-8-18(16-21)17-22-14-15-25(22)23(19-9-3-1-4-10-19)20-11-5-2-6-12-20/h1-13,16,22-23H,14-15,17H2/t22-/m0/s1. The SMILES string of the molecule is Clc1cccc(C[C@@H]2CCN2C(c2ccccc2)c2ccccc2)c1. The molecule has 1 atom stereocenters. The molecular formula is C23H22ClN. The minimum atomic E-state index is 0.320. The third-order valence-electron chi connectivity index (χ3n) is 5.11. The normalized spacial score (nSPS) is 17.4. The Morgan fingerprint density at radius 3 is 2.00 bits per heavy atom. The first kappa shape index (κ1) is 16.4. The lowest BCUT2D eigenvalue weighted by molar-refractivity contribution is 0.0575. The van der Waals surface area contributed by atoms with Gasteiger partial charge in [0.2, 0.25) is 0 Å². The lowest BCUT2D eigenvalue weighted by Gasteiger charge is -2.47. The molecule has 0 unspecified atom stereocenters. The molecule has 0 amide bonds. The maximum atomic E-state index is 6.17. The average molecular weight is 348 g/mol. The molecule has 0 aromatic heterocycles. The van der Waals surface area contributed by atoms with Gasteiger partial charge in [-0.2, -0.15) is 0 Å². The second-order valence-corrected chi connectivity index (χ2v) is 7.17. The summed E-state index contributed by atoms with van der Waals surface area (Å²) in [7, 11) is 0. The maximum absolute atomic E-state index is 6.17. The smallest absolute Gasteiger partial charge is 0.0604 e. The molecule has 1 heterocycles. The van der Waals surface area contributed by atoms with E-state index >= 15 is 0 Å². The van der Waals surface area contributed by atoms with Crippen molar-refractivity contribution >= 4 is 11.6 Å². The summed E-state index contributed by atoms with van der Waals surface area (Å²) in [6.45, 7) is 1.14. The van der Waals surface area contributed by atoms with Gasteiger partial charge in [-0.1, -0.05) is 84.4 Å². The number of hydrogen-bond donors (Lipinski definition) is 0. The van der Waals surface area contributed by atoms with E-state index in [4.69, 9.17) is 11.6 Å². The average Bonchev–Trinajstić information content (AvgIpc) is 2.65. The molecule has 0 aliphatic carbocycles. The Morgan fingerprint density at radius 1 is 0.840 bits per heavy atom. The summed E-state index contributed by atoms with van der Waals surface area (Å²) in [5.41, 5.74) is 4.05. The first-order valence-electron chi connectivity index (χ1n) is 8.91. The molecule has 0 saturated carbocycles. The lowest BCUT2D eigenvalue weighted by Crippen LogP contribution is -2.50. The van der Waals surface area contributed by atoms with Crippen LogP contribution >= 0.6 is 11.6 Å². The van der Waals surface area contributed by atoms with Gasteiger partial charge in [0.15, 0.2) is 0 Å². The van der Waals surface area contributed by atoms with Crippen LogP contribution in [0.5, 0.6) is 0 Å². The molecule has 0 spiro atoms. The summed E-state index contributed by atoms with van der Waals surface area (Å²) < 4.78 is 0. The summed E-state index contributed by atoms with van der Waals surface area (Å²) in [6, 6.07) is 30.8. The summed E-state index contributed by atoms with van der Waals surface area (Å²) in [6.07, 6.45) is 2.29. The van der Waals surface area contributed by atoms with E-state index in [1.807, 2.05) is 12.1 Å². The topological polar surface area (TPSA) is 3.24 Å². The second-order valence-electron chi connectivity index (χ2n) is 6.74. The van der Waals surface area contributed by atoms with Crippen LogP contribution in [0.25, 0.3) is 0 Å². The van der Waals surface area contributed by atoms with Crippen molar-refractivity contribution in [2.45, 2.75) is 24.9 Å². The third-order valence-corrected chi connectivity index (χ3v) is 5.35. The van der Waals surface area contributed by atoms with Gasteiger partial charge in [0.25, 0.3) is 0 Å². The van der Waals surface area contributed by atoms with E-state index in [0.717, 1.165) is 18.0 Å². The van der Waals surface area contributed by atoms with E-state index in [0.29, 0.717) is 12.1 Å². The Balaban J connectivity index is 1.61. The van der Waals surface area contributed by atoms with Crippen molar-refractivity contribution in [3.63, 3.8) is 0 Å². The lowest BCUT2D eigenvalue weighted by atomic mass is 9.88. The fraction of sp³-hybridized carbons (Fsp3) is 0.217. The summed E-state index contributed by atoms with van der Waals surface area (Å²) in [4.78, 5) is 2.63. The number of nitrogens with zero attached hydrogens (tertiary/aromatic N) is 1. The van der Waals surface area contributed by atoms with Crippen molar-refractivity contribution in [1.82, 2.24) is 4.90 Å². The molecule has 3 aromatic carbocycles.